The maximum Gasteiger partial charge on any atom is 0.307 e. The van der Waals surface area contributed by atoms with Crippen molar-refractivity contribution in [1.29, 1.82) is 0 Å². The van der Waals surface area contributed by atoms with Gasteiger partial charge in [0.2, 0.25) is 5.91 Å². The van der Waals surface area contributed by atoms with Gasteiger partial charge in [-0.05, 0) is 25.7 Å². The van der Waals surface area contributed by atoms with Crippen molar-refractivity contribution in [1.82, 2.24) is 4.90 Å². The van der Waals surface area contributed by atoms with Gasteiger partial charge in [-0.2, -0.15) is 0 Å². The summed E-state index contributed by atoms with van der Waals surface area (Å²) >= 11 is 0. The van der Waals surface area contributed by atoms with Crippen LogP contribution in [0, 0.1) is 16.0 Å². The first-order chi connectivity index (χ1) is 12.9. The lowest BCUT2D eigenvalue weighted by molar-refractivity contribution is -0.385. The summed E-state index contributed by atoms with van der Waals surface area (Å²) in [5.74, 6) is -0.160. The number of nitro groups is 1. The Morgan fingerprint density at radius 1 is 1.26 bits per heavy atom. The Morgan fingerprint density at radius 3 is 2.63 bits per heavy atom. The normalized spacial score (nSPS) is 19.3. The molecule has 0 aromatic heterocycles. The first-order valence-corrected chi connectivity index (χ1v) is 9.61. The standard InChI is InChI=1S/C20H28N2O5/c1-3-27-20(24)12-13-21(17-10-6-4-8-15(17)2)19(23)14-16-9-5-7-11-18(16)22(25)26/h5,7,9,11,15,17H,3-4,6,8,10,12-14H2,1-2H3. The molecule has 1 saturated carbocycles. The highest BCUT2D eigenvalue weighted by Gasteiger charge is 2.31. The lowest BCUT2D eigenvalue weighted by Gasteiger charge is -2.38. The Balaban J connectivity index is 2.17. The highest BCUT2D eigenvalue weighted by Crippen LogP contribution is 2.29. The maximum absolute atomic E-state index is 13.1. The van der Waals surface area contributed by atoms with Gasteiger partial charge in [0, 0.05) is 24.2 Å². The second-order valence-corrected chi connectivity index (χ2v) is 7.03. The highest BCUT2D eigenvalue weighted by molar-refractivity contribution is 5.81. The number of carbonyl (C=O) groups excluding carboxylic acids is 2. The van der Waals surface area contributed by atoms with Gasteiger partial charge in [0.15, 0.2) is 0 Å². The minimum atomic E-state index is -0.463. The second kappa shape index (κ2) is 10.0. The Labute approximate surface area is 159 Å². The molecule has 0 N–H and O–H groups in total. The molecule has 2 rings (SSSR count). The van der Waals surface area contributed by atoms with Gasteiger partial charge in [-0.25, -0.2) is 0 Å². The van der Waals surface area contributed by atoms with Crippen molar-refractivity contribution in [3.8, 4) is 0 Å². The summed E-state index contributed by atoms with van der Waals surface area (Å²) in [6.45, 7) is 4.47. The van der Waals surface area contributed by atoms with Crippen molar-refractivity contribution < 1.29 is 19.2 Å². The van der Waals surface area contributed by atoms with Crippen LogP contribution in [-0.2, 0) is 20.7 Å². The first-order valence-electron chi connectivity index (χ1n) is 9.61. The zero-order valence-electron chi connectivity index (χ0n) is 16.1. The summed E-state index contributed by atoms with van der Waals surface area (Å²) in [5, 5.41) is 11.2. The van der Waals surface area contributed by atoms with Gasteiger partial charge in [-0.15, -0.1) is 0 Å². The van der Waals surface area contributed by atoms with Gasteiger partial charge >= 0.3 is 5.97 Å². The van der Waals surface area contributed by atoms with Crippen molar-refractivity contribution >= 4 is 17.6 Å². The molecule has 27 heavy (non-hydrogen) atoms. The van der Waals surface area contributed by atoms with E-state index in [2.05, 4.69) is 6.92 Å². The van der Waals surface area contributed by atoms with Crippen LogP contribution in [0.15, 0.2) is 24.3 Å². The number of rotatable bonds is 8. The minimum Gasteiger partial charge on any atom is -0.466 e. The summed E-state index contributed by atoms with van der Waals surface area (Å²) in [4.78, 5) is 37.4. The third-order valence-corrected chi connectivity index (χ3v) is 5.18. The number of carbonyl (C=O) groups is 2. The van der Waals surface area contributed by atoms with Gasteiger partial charge in [0.1, 0.15) is 0 Å². The van der Waals surface area contributed by atoms with E-state index >= 15 is 0 Å². The number of amides is 1. The maximum atomic E-state index is 13.1. The van der Waals surface area contributed by atoms with Crippen LogP contribution in [0.5, 0.6) is 0 Å². The summed E-state index contributed by atoms with van der Waals surface area (Å²) in [7, 11) is 0. The van der Waals surface area contributed by atoms with Crippen molar-refractivity contribution in [2.75, 3.05) is 13.2 Å². The average molecular weight is 376 g/mol. The number of ether oxygens (including phenoxy) is 1. The first kappa shape index (κ1) is 20.9. The number of para-hydroxylation sites is 1. The van der Waals surface area contributed by atoms with Crippen molar-refractivity contribution in [3.63, 3.8) is 0 Å². The average Bonchev–Trinajstić information content (AvgIpc) is 2.63. The van der Waals surface area contributed by atoms with E-state index in [-0.39, 0.29) is 43.0 Å². The molecule has 0 aliphatic heterocycles. The van der Waals surface area contributed by atoms with Crippen LogP contribution in [0.25, 0.3) is 0 Å². The number of benzene rings is 1. The van der Waals surface area contributed by atoms with Gasteiger partial charge in [-0.3, -0.25) is 19.7 Å². The van der Waals surface area contributed by atoms with E-state index in [1.165, 1.54) is 6.07 Å². The molecule has 1 fully saturated rings. The number of nitrogens with zero attached hydrogens (tertiary/aromatic N) is 2. The van der Waals surface area contributed by atoms with Crippen molar-refractivity contribution in [2.24, 2.45) is 5.92 Å². The lowest BCUT2D eigenvalue weighted by atomic mass is 9.84. The zero-order valence-corrected chi connectivity index (χ0v) is 16.1. The second-order valence-electron chi connectivity index (χ2n) is 7.03. The number of esters is 1. The minimum absolute atomic E-state index is 0.0385. The van der Waals surface area contributed by atoms with E-state index < -0.39 is 4.92 Å². The molecule has 0 spiro atoms. The molecule has 1 aliphatic rings. The van der Waals surface area contributed by atoms with Gasteiger partial charge < -0.3 is 9.64 Å². The third kappa shape index (κ3) is 5.77. The quantitative estimate of drug-likeness (QED) is 0.393. The Hall–Kier alpha value is -2.44. The van der Waals surface area contributed by atoms with E-state index in [0.29, 0.717) is 18.1 Å². The smallest absolute Gasteiger partial charge is 0.307 e. The van der Waals surface area contributed by atoms with E-state index in [9.17, 15) is 19.7 Å². The van der Waals surface area contributed by atoms with Gasteiger partial charge in [-0.1, -0.05) is 38.0 Å². The molecule has 7 heteroatoms. The summed E-state index contributed by atoms with van der Waals surface area (Å²) < 4.78 is 4.99. The Kier molecular flexibility index (Phi) is 7.76. The molecule has 2 atom stereocenters. The Morgan fingerprint density at radius 2 is 1.96 bits per heavy atom. The molecule has 1 aliphatic carbocycles. The van der Waals surface area contributed by atoms with Crippen LogP contribution < -0.4 is 0 Å². The zero-order chi connectivity index (χ0) is 19.8. The van der Waals surface area contributed by atoms with Crippen LogP contribution in [0.1, 0.15) is 51.5 Å². The van der Waals surface area contributed by atoms with Crippen LogP contribution in [0.4, 0.5) is 5.69 Å². The topological polar surface area (TPSA) is 89.8 Å². The predicted octanol–water partition coefficient (Wildman–Crippen LogP) is 3.50. The molecule has 1 aromatic carbocycles. The molecule has 7 nitrogen and oxygen atoms in total. The van der Waals surface area contributed by atoms with Crippen molar-refractivity contribution in [3.05, 3.63) is 39.9 Å². The van der Waals surface area contributed by atoms with Crippen molar-refractivity contribution in [2.45, 2.75) is 58.4 Å². The monoisotopic (exact) mass is 376 g/mol. The fourth-order valence-corrected chi connectivity index (χ4v) is 3.78. The highest BCUT2D eigenvalue weighted by atomic mass is 16.6. The van der Waals surface area contributed by atoms with Crippen LogP contribution in [0.3, 0.4) is 0 Å². The van der Waals surface area contributed by atoms with E-state index in [1.807, 2.05) is 0 Å². The van der Waals surface area contributed by atoms with Crippen LogP contribution in [-0.4, -0.2) is 40.9 Å². The SMILES string of the molecule is CCOC(=O)CCN(C(=O)Cc1ccccc1[N+](=O)[O-])C1CCCCC1C. The molecule has 2 unspecified atom stereocenters. The van der Waals surface area contributed by atoms with Gasteiger partial charge in [0.25, 0.3) is 5.69 Å². The lowest BCUT2D eigenvalue weighted by Crippen LogP contribution is -2.47. The molecular formula is C20H28N2O5. The van der Waals surface area contributed by atoms with Gasteiger partial charge in [0.05, 0.1) is 24.4 Å². The third-order valence-electron chi connectivity index (χ3n) is 5.18. The summed E-state index contributed by atoms with van der Waals surface area (Å²) in [5.41, 5.74) is 0.352. The fourth-order valence-electron chi connectivity index (χ4n) is 3.78. The van der Waals surface area contributed by atoms with Crippen LogP contribution in [0.2, 0.25) is 0 Å². The van der Waals surface area contributed by atoms with Crippen LogP contribution >= 0.6 is 0 Å². The number of hydrogen-bond acceptors (Lipinski definition) is 5. The fraction of sp³-hybridized carbons (Fsp3) is 0.600. The van der Waals surface area contributed by atoms with E-state index in [4.69, 9.17) is 4.74 Å². The molecule has 148 valence electrons. The summed E-state index contributed by atoms with van der Waals surface area (Å²) in [6.07, 6.45) is 4.22. The number of hydrogen-bond donors (Lipinski definition) is 0. The van der Waals surface area contributed by atoms with E-state index in [1.54, 1.807) is 30.0 Å². The largest absolute Gasteiger partial charge is 0.466 e. The number of nitro benzene ring substituents is 1. The predicted molar refractivity (Wildman–Crippen MR) is 101 cm³/mol. The Bertz CT molecular complexity index is 676. The molecule has 0 saturated heterocycles. The van der Waals surface area contributed by atoms with E-state index in [0.717, 1.165) is 25.7 Å². The molecule has 0 heterocycles. The summed E-state index contributed by atoms with van der Waals surface area (Å²) in [6, 6.07) is 6.37. The molecule has 0 radical (unpaired) electrons. The molecule has 1 aromatic rings. The molecule has 1 amide bonds. The molecular weight excluding hydrogens is 348 g/mol. The molecule has 0 bridgehead atoms.